The van der Waals surface area contributed by atoms with Gasteiger partial charge >= 0.3 is 0 Å². The highest BCUT2D eigenvalue weighted by Crippen LogP contribution is 2.68. The molecule has 3 N–H and O–H groups in total. The molecule has 0 aromatic heterocycles. The van der Waals surface area contributed by atoms with Crippen molar-refractivity contribution in [1.29, 1.82) is 0 Å². The monoisotopic (exact) mass is 432 g/mol. The van der Waals surface area contributed by atoms with E-state index in [4.69, 9.17) is 0 Å². The molecule has 0 bridgehead atoms. The summed E-state index contributed by atoms with van der Waals surface area (Å²) in [6.45, 7) is 10.6. The van der Waals surface area contributed by atoms with E-state index >= 15 is 0 Å². The van der Waals surface area contributed by atoms with Crippen molar-refractivity contribution < 1.29 is 20.1 Å². The SMILES string of the molecule is C[C@H](CCCC(C)(C)O)[C@H]1CC[C@@]2(O)C3=CC(=O)[C@@H]4C[C@@H](O)CC[C@]4(C)[C@H]3CC[C@]12C. The molecule has 0 aliphatic heterocycles. The van der Waals surface area contributed by atoms with Crippen LogP contribution in [0.1, 0.15) is 98.8 Å². The second-order valence-electron chi connectivity index (χ2n) is 12.7. The third-order valence-corrected chi connectivity index (χ3v) is 10.3. The van der Waals surface area contributed by atoms with Crippen LogP contribution in [0.4, 0.5) is 0 Å². The van der Waals surface area contributed by atoms with E-state index < -0.39 is 11.2 Å². The van der Waals surface area contributed by atoms with Gasteiger partial charge in [0.15, 0.2) is 5.78 Å². The Hall–Kier alpha value is -0.710. The number of rotatable bonds is 5. The van der Waals surface area contributed by atoms with Gasteiger partial charge in [-0.25, -0.2) is 0 Å². The van der Waals surface area contributed by atoms with E-state index in [1.165, 1.54) is 0 Å². The number of hydrogen-bond acceptors (Lipinski definition) is 4. The van der Waals surface area contributed by atoms with Crippen molar-refractivity contribution >= 4 is 5.78 Å². The van der Waals surface area contributed by atoms with Crippen molar-refractivity contribution in [3.63, 3.8) is 0 Å². The van der Waals surface area contributed by atoms with Crippen molar-refractivity contribution in [3.8, 4) is 0 Å². The Labute approximate surface area is 188 Å². The van der Waals surface area contributed by atoms with E-state index in [2.05, 4.69) is 20.8 Å². The Bertz CT molecular complexity index is 751. The Kier molecular flexibility index (Phi) is 5.80. The minimum absolute atomic E-state index is 0.101. The van der Waals surface area contributed by atoms with E-state index in [-0.39, 0.29) is 34.6 Å². The van der Waals surface area contributed by atoms with Crippen LogP contribution in [0.5, 0.6) is 0 Å². The lowest BCUT2D eigenvalue weighted by atomic mass is 9.46. The highest BCUT2D eigenvalue weighted by Gasteiger charge is 2.66. The van der Waals surface area contributed by atoms with Gasteiger partial charge in [-0.05, 0) is 100 Å². The Balaban J connectivity index is 1.59. The summed E-state index contributed by atoms with van der Waals surface area (Å²) in [5, 5.41) is 32.5. The Morgan fingerprint density at radius 1 is 1.13 bits per heavy atom. The predicted octanol–water partition coefficient (Wildman–Crippen LogP) is 4.80. The molecular formula is C27H44O4. The Morgan fingerprint density at radius 2 is 1.84 bits per heavy atom. The van der Waals surface area contributed by atoms with Crippen LogP contribution in [0.15, 0.2) is 11.6 Å². The number of carbonyl (C=O) groups excluding carboxylic acids is 1. The molecule has 0 aromatic rings. The van der Waals surface area contributed by atoms with E-state index in [0.717, 1.165) is 63.4 Å². The van der Waals surface area contributed by atoms with Gasteiger partial charge in [-0.3, -0.25) is 4.79 Å². The first-order valence-electron chi connectivity index (χ1n) is 12.7. The fraction of sp³-hybridized carbons (Fsp3) is 0.889. The van der Waals surface area contributed by atoms with Gasteiger partial charge in [-0.15, -0.1) is 0 Å². The van der Waals surface area contributed by atoms with E-state index in [9.17, 15) is 20.1 Å². The van der Waals surface area contributed by atoms with E-state index in [1.54, 1.807) is 0 Å². The smallest absolute Gasteiger partial charge is 0.159 e. The molecule has 176 valence electrons. The van der Waals surface area contributed by atoms with Crippen LogP contribution < -0.4 is 0 Å². The molecule has 3 fully saturated rings. The van der Waals surface area contributed by atoms with Crippen LogP contribution >= 0.6 is 0 Å². The summed E-state index contributed by atoms with van der Waals surface area (Å²) in [5.41, 5.74) is -0.808. The first kappa shape index (κ1) is 23.4. The first-order chi connectivity index (χ1) is 14.3. The first-order valence-corrected chi connectivity index (χ1v) is 12.7. The summed E-state index contributed by atoms with van der Waals surface area (Å²) < 4.78 is 0. The number of aliphatic hydroxyl groups excluding tert-OH is 1. The average Bonchev–Trinajstić information content (AvgIpc) is 2.94. The van der Waals surface area contributed by atoms with Crippen LogP contribution in [0, 0.1) is 34.5 Å². The van der Waals surface area contributed by atoms with Crippen LogP contribution in [0.25, 0.3) is 0 Å². The molecule has 0 aromatic carbocycles. The zero-order chi connectivity index (χ0) is 22.8. The molecule has 4 aliphatic rings. The van der Waals surface area contributed by atoms with Gasteiger partial charge in [-0.1, -0.05) is 33.6 Å². The van der Waals surface area contributed by atoms with Crippen LogP contribution in [0.2, 0.25) is 0 Å². The van der Waals surface area contributed by atoms with Gasteiger partial charge in [0.05, 0.1) is 17.3 Å². The number of allylic oxidation sites excluding steroid dienone is 1. The molecule has 0 unspecified atom stereocenters. The molecule has 0 heterocycles. The topological polar surface area (TPSA) is 77.8 Å². The summed E-state index contributed by atoms with van der Waals surface area (Å²) in [4.78, 5) is 13.2. The quantitative estimate of drug-likeness (QED) is 0.583. The second-order valence-corrected chi connectivity index (χ2v) is 12.7. The summed E-state index contributed by atoms with van der Waals surface area (Å²) in [6, 6.07) is 0. The molecule has 31 heavy (non-hydrogen) atoms. The van der Waals surface area contributed by atoms with Gasteiger partial charge in [0.1, 0.15) is 0 Å². The van der Waals surface area contributed by atoms with Gasteiger partial charge < -0.3 is 15.3 Å². The Morgan fingerprint density at radius 3 is 2.52 bits per heavy atom. The molecule has 3 saturated carbocycles. The fourth-order valence-electron chi connectivity index (χ4n) is 8.33. The number of ketones is 1. The van der Waals surface area contributed by atoms with Gasteiger partial charge in [-0.2, -0.15) is 0 Å². The average molecular weight is 433 g/mol. The maximum atomic E-state index is 13.2. The zero-order valence-electron chi connectivity index (χ0n) is 20.3. The summed E-state index contributed by atoms with van der Waals surface area (Å²) >= 11 is 0. The molecule has 4 aliphatic carbocycles. The van der Waals surface area contributed by atoms with Crippen LogP contribution in [0.3, 0.4) is 0 Å². The number of aliphatic hydroxyl groups is 3. The van der Waals surface area contributed by atoms with Crippen LogP contribution in [-0.2, 0) is 4.79 Å². The maximum Gasteiger partial charge on any atom is 0.159 e. The minimum Gasteiger partial charge on any atom is -0.393 e. The van der Waals surface area contributed by atoms with Crippen molar-refractivity contribution in [1.82, 2.24) is 0 Å². The molecule has 0 saturated heterocycles. The van der Waals surface area contributed by atoms with E-state index in [0.29, 0.717) is 18.3 Å². The summed E-state index contributed by atoms with van der Waals surface area (Å²) in [7, 11) is 0. The fourth-order valence-corrected chi connectivity index (χ4v) is 8.33. The largest absolute Gasteiger partial charge is 0.393 e. The minimum atomic E-state index is -0.884. The van der Waals surface area contributed by atoms with Crippen LogP contribution in [-0.4, -0.2) is 38.4 Å². The lowest BCUT2D eigenvalue weighted by Gasteiger charge is -2.59. The lowest BCUT2D eigenvalue weighted by molar-refractivity contribution is -0.141. The molecule has 0 spiro atoms. The van der Waals surface area contributed by atoms with Gasteiger partial charge in [0, 0.05) is 11.3 Å². The lowest BCUT2D eigenvalue weighted by Crippen LogP contribution is -2.59. The van der Waals surface area contributed by atoms with Crippen molar-refractivity contribution in [2.24, 2.45) is 34.5 Å². The number of carbonyl (C=O) groups is 1. The predicted molar refractivity (Wildman–Crippen MR) is 122 cm³/mol. The highest BCUT2D eigenvalue weighted by atomic mass is 16.3. The second kappa shape index (κ2) is 7.67. The molecule has 4 rings (SSSR count). The number of fused-ring (bicyclic) bond motifs is 5. The molecule has 4 heteroatoms. The molecule has 4 nitrogen and oxygen atoms in total. The maximum absolute atomic E-state index is 13.2. The zero-order valence-corrected chi connectivity index (χ0v) is 20.3. The van der Waals surface area contributed by atoms with Crippen molar-refractivity contribution in [2.45, 2.75) is 116 Å². The number of hydrogen-bond donors (Lipinski definition) is 3. The van der Waals surface area contributed by atoms with Crippen molar-refractivity contribution in [3.05, 3.63) is 11.6 Å². The molecule has 0 amide bonds. The molecular weight excluding hydrogens is 388 g/mol. The van der Waals surface area contributed by atoms with Gasteiger partial charge in [0.25, 0.3) is 0 Å². The summed E-state index contributed by atoms with van der Waals surface area (Å²) in [6.07, 6.45) is 10.3. The normalized spacial score (nSPS) is 46.1. The van der Waals surface area contributed by atoms with E-state index in [1.807, 2.05) is 19.9 Å². The molecule has 8 atom stereocenters. The third-order valence-electron chi connectivity index (χ3n) is 10.3. The van der Waals surface area contributed by atoms with Gasteiger partial charge in [0.2, 0.25) is 0 Å². The van der Waals surface area contributed by atoms with Crippen molar-refractivity contribution in [2.75, 3.05) is 0 Å². The standard InChI is InChI=1S/C27H44O4/c1-17(7-6-11-24(2,3)30)19-10-14-27(31)21-16-23(29)22-15-18(28)8-12-25(22,4)20(21)9-13-26(19,27)5/h16-20,22,28,30-31H,6-15H2,1-5H3/t17-,18+,19-,20+,22+,25-,26-,27-/m1/s1. The summed E-state index contributed by atoms with van der Waals surface area (Å²) in [5.74, 6) is 1.22. The molecule has 0 radical (unpaired) electrons. The highest BCUT2D eigenvalue weighted by molar-refractivity contribution is 5.95. The third kappa shape index (κ3) is 3.65.